The summed E-state index contributed by atoms with van der Waals surface area (Å²) in [4.78, 5) is 16.0. The van der Waals surface area contributed by atoms with E-state index in [1.807, 2.05) is 77.3 Å². The third-order valence-corrected chi connectivity index (χ3v) is 7.96. The Morgan fingerprint density at radius 2 is 1.94 bits per heavy atom. The van der Waals surface area contributed by atoms with Crippen molar-refractivity contribution in [2.75, 3.05) is 6.61 Å². The van der Waals surface area contributed by atoms with Gasteiger partial charge < -0.3 is 4.74 Å². The first-order chi connectivity index (χ1) is 17.5. The number of amides is 1. The van der Waals surface area contributed by atoms with Crippen molar-refractivity contribution in [1.82, 2.24) is 14.7 Å². The maximum atomic E-state index is 13.5. The molecule has 5 nitrogen and oxygen atoms in total. The molecule has 1 aliphatic heterocycles. The van der Waals surface area contributed by atoms with Crippen LogP contribution in [-0.4, -0.2) is 37.6 Å². The van der Waals surface area contributed by atoms with Gasteiger partial charge in [0.2, 0.25) is 0 Å². The summed E-state index contributed by atoms with van der Waals surface area (Å²) in [5, 5.41) is 4.95. The standard InChI is InChI=1S/C29H29N3O2S2/c1-3-16-34-24-14-15-25(20(2)17-24)27-21(19-31(30-27)22-10-6-4-7-11-22)18-26-28(33)32(29(35)36-26)23-12-8-5-9-13-23/h3-4,6-7,10-11,14-15,17-19,23H,1,5,8-9,12-13,16H2,2H3. The van der Waals surface area contributed by atoms with Crippen LogP contribution in [-0.2, 0) is 4.79 Å². The molecule has 0 bridgehead atoms. The van der Waals surface area contributed by atoms with Gasteiger partial charge in [0.25, 0.3) is 5.91 Å². The Morgan fingerprint density at radius 3 is 2.67 bits per heavy atom. The normalized spacial score (nSPS) is 17.7. The van der Waals surface area contributed by atoms with Crippen LogP contribution in [0.2, 0.25) is 0 Å². The van der Waals surface area contributed by atoms with Crippen molar-refractivity contribution in [3.63, 3.8) is 0 Å². The zero-order valence-electron chi connectivity index (χ0n) is 20.4. The number of carbonyl (C=O) groups excluding carboxylic acids is 1. The van der Waals surface area contributed by atoms with Gasteiger partial charge in [0, 0.05) is 23.4 Å². The molecule has 2 aliphatic rings. The van der Waals surface area contributed by atoms with Crippen molar-refractivity contribution in [2.24, 2.45) is 0 Å². The molecular formula is C29H29N3O2S2. The Hall–Kier alpha value is -3.16. The Kier molecular flexibility index (Phi) is 7.39. The molecule has 5 rings (SSSR count). The van der Waals surface area contributed by atoms with Gasteiger partial charge in [-0.3, -0.25) is 9.69 Å². The maximum Gasteiger partial charge on any atom is 0.266 e. The molecule has 3 aromatic rings. The number of para-hydroxylation sites is 1. The van der Waals surface area contributed by atoms with E-state index in [0.29, 0.717) is 15.8 Å². The first-order valence-electron chi connectivity index (χ1n) is 12.3. The molecule has 0 spiro atoms. The van der Waals surface area contributed by atoms with Crippen molar-refractivity contribution in [3.05, 3.63) is 83.4 Å². The highest BCUT2D eigenvalue weighted by molar-refractivity contribution is 8.26. The predicted octanol–water partition coefficient (Wildman–Crippen LogP) is 6.95. The molecule has 2 fully saturated rings. The minimum Gasteiger partial charge on any atom is -0.490 e. The monoisotopic (exact) mass is 515 g/mol. The highest BCUT2D eigenvalue weighted by Crippen LogP contribution is 2.39. The predicted molar refractivity (Wildman–Crippen MR) is 151 cm³/mol. The van der Waals surface area contributed by atoms with E-state index >= 15 is 0 Å². The zero-order valence-corrected chi connectivity index (χ0v) is 22.0. The average Bonchev–Trinajstić information content (AvgIpc) is 3.44. The topological polar surface area (TPSA) is 47.4 Å². The molecule has 1 aliphatic carbocycles. The van der Waals surface area contributed by atoms with Crippen LogP contribution in [0.5, 0.6) is 5.75 Å². The van der Waals surface area contributed by atoms with Gasteiger partial charge in [-0.25, -0.2) is 4.68 Å². The van der Waals surface area contributed by atoms with Gasteiger partial charge in [0.05, 0.1) is 10.6 Å². The van der Waals surface area contributed by atoms with E-state index in [1.165, 1.54) is 18.2 Å². The molecule has 0 atom stereocenters. The van der Waals surface area contributed by atoms with E-state index in [9.17, 15) is 4.79 Å². The highest BCUT2D eigenvalue weighted by atomic mass is 32.2. The van der Waals surface area contributed by atoms with E-state index in [2.05, 4.69) is 6.58 Å². The van der Waals surface area contributed by atoms with Crippen molar-refractivity contribution in [2.45, 2.75) is 45.1 Å². The number of rotatable bonds is 7. The van der Waals surface area contributed by atoms with Gasteiger partial charge in [-0.1, -0.05) is 74.1 Å². The number of aryl methyl sites for hydroxylation is 1. The van der Waals surface area contributed by atoms with Crippen LogP contribution in [0, 0.1) is 6.92 Å². The number of hydrogen-bond acceptors (Lipinski definition) is 5. The van der Waals surface area contributed by atoms with Crippen LogP contribution in [0.25, 0.3) is 23.0 Å². The van der Waals surface area contributed by atoms with E-state index in [-0.39, 0.29) is 11.9 Å². The summed E-state index contributed by atoms with van der Waals surface area (Å²) in [5.41, 5.74) is 4.68. The van der Waals surface area contributed by atoms with Crippen LogP contribution in [0.15, 0.2) is 72.3 Å². The summed E-state index contributed by atoms with van der Waals surface area (Å²) in [6.07, 6.45) is 11.3. The molecule has 0 radical (unpaired) electrons. The van der Waals surface area contributed by atoms with Crippen LogP contribution in [0.1, 0.15) is 43.2 Å². The van der Waals surface area contributed by atoms with Crippen LogP contribution < -0.4 is 4.74 Å². The summed E-state index contributed by atoms with van der Waals surface area (Å²) in [6, 6.07) is 16.2. The van der Waals surface area contributed by atoms with E-state index in [1.54, 1.807) is 6.08 Å². The lowest BCUT2D eigenvalue weighted by molar-refractivity contribution is -0.124. The molecule has 7 heteroatoms. The Morgan fingerprint density at radius 1 is 1.17 bits per heavy atom. The molecule has 36 heavy (non-hydrogen) atoms. The third kappa shape index (κ3) is 5.04. The van der Waals surface area contributed by atoms with Gasteiger partial charge in [0.1, 0.15) is 22.4 Å². The first kappa shape index (κ1) is 24.5. The van der Waals surface area contributed by atoms with E-state index < -0.39 is 0 Å². The van der Waals surface area contributed by atoms with E-state index in [4.69, 9.17) is 22.1 Å². The second kappa shape index (κ2) is 10.8. The summed E-state index contributed by atoms with van der Waals surface area (Å²) in [7, 11) is 0. The fourth-order valence-corrected chi connectivity index (χ4v) is 6.23. The summed E-state index contributed by atoms with van der Waals surface area (Å²) >= 11 is 7.05. The van der Waals surface area contributed by atoms with Crippen LogP contribution >= 0.6 is 24.0 Å². The highest BCUT2D eigenvalue weighted by Gasteiger charge is 2.37. The smallest absolute Gasteiger partial charge is 0.266 e. The minimum atomic E-state index is 0.0141. The lowest BCUT2D eigenvalue weighted by Gasteiger charge is -2.29. The number of aromatic nitrogens is 2. The summed E-state index contributed by atoms with van der Waals surface area (Å²) < 4.78 is 8.24. The molecule has 0 unspecified atom stereocenters. The zero-order chi connectivity index (χ0) is 25.1. The number of thioether (sulfide) groups is 1. The number of benzene rings is 2. The average molecular weight is 516 g/mol. The van der Waals surface area contributed by atoms with Crippen molar-refractivity contribution < 1.29 is 9.53 Å². The second-order valence-electron chi connectivity index (χ2n) is 9.13. The molecule has 1 saturated carbocycles. The minimum absolute atomic E-state index is 0.0141. The van der Waals surface area contributed by atoms with Crippen molar-refractivity contribution in [3.8, 4) is 22.7 Å². The summed E-state index contributed by atoms with van der Waals surface area (Å²) in [5.74, 6) is 0.800. The lowest BCUT2D eigenvalue weighted by Crippen LogP contribution is -2.39. The number of carbonyl (C=O) groups is 1. The molecule has 0 N–H and O–H groups in total. The van der Waals surface area contributed by atoms with Crippen molar-refractivity contribution in [1.29, 1.82) is 0 Å². The summed E-state index contributed by atoms with van der Waals surface area (Å²) in [6.45, 7) is 6.21. The van der Waals surface area contributed by atoms with Gasteiger partial charge in [0.15, 0.2) is 0 Å². The second-order valence-corrected chi connectivity index (χ2v) is 10.8. The van der Waals surface area contributed by atoms with Crippen LogP contribution in [0.3, 0.4) is 0 Å². The molecule has 1 aromatic heterocycles. The van der Waals surface area contributed by atoms with Gasteiger partial charge >= 0.3 is 0 Å². The molecule has 184 valence electrons. The number of ether oxygens (including phenoxy) is 1. The number of nitrogens with zero attached hydrogens (tertiary/aromatic N) is 3. The SMILES string of the molecule is C=CCOc1ccc(-c2nn(-c3ccccc3)cc2C=C2SC(=S)N(C3CCCCC3)C2=O)c(C)c1. The number of hydrogen-bond donors (Lipinski definition) is 0. The fourth-order valence-electron chi connectivity index (χ4n) is 4.84. The Bertz CT molecular complexity index is 1320. The molecular weight excluding hydrogens is 486 g/mol. The van der Waals surface area contributed by atoms with Crippen molar-refractivity contribution >= 4 is 40.3 Å². The van der Waals surface area contributed by atoms with Gasteiger partial charge in [-0.05, 0) is 61.7 Å². The van der Waals surface area contributed by atoms with Gasteiger partial charge in [-0.15, -0.1) is 0 Å². The largest absolute Gasteiger partial charge is 0.490 e. The number of thiocarbonyl (C=S) groups is 1. The Labute approximate surface area is 221 Å². The molecule has 2 heterocycles. The molecule has 2 aromatic carbocycles. The quantitative estimate of drug-likeness (QED) is 0.194. The van der Waals surface area contributed by atoms with Gasteiger partial charge in [-0.2, -0.15) is 5.10 Å². The van der Waals surface area contributed by atoms with E-state index in [0.717, 1.165) is 59.5 Å². The molecule has 1 amide bonds. The third-order valence-electron chi connectivity index (χ3n) is 6.63. The van der Waals surface area contributed by atoms with Crippen LogP contribution in [0.4, 0.5) is 0 Å². The molecule has 1 saturated heterocycles. The maximum absolute atomic E-state index is 13.5. The lowest BCUT2D eigenvalue weighted by atomic mass is 9.94. The fraction of sp³-hybridized carbons (Fsp3) is 0.276. The first-order valence-corrected chi connectivity index (χ1v) is 13.5. The Balaban J connectivity index is 1.54.